The Morgan fingerprint density at radius 2 is 2.16 bits per heavy atom. The number of hydrogen-bond donors (Lipinski definition) is 2. The molecule has 5 nitrogen and oxygen atoms in total. The lowest BCUT2D eigenvalue weighted by Gasteiger charge is -2.23. The number of piperidine rings is 1. The molecule has 1 amide bonds. The van der Waals surface area contributed by atoms with Crippen LogP contribution in [0.5, 0.6) is 0 Å². The van der Waals surface area contributed by atoms with Gasteiger partial charge < -0.3 is 5.32 Å². The number of amides is 1. The Balaban J connectivity index is 2.16. The first-order valence-corrected chi connectivity index (χ1v) is 7.42. The molecular weight excluding hydrogens is 271 g/mol. The average molecular weight is 286 g/mol. The fraction of sp³-hybridized carbons (Fsp3) is 0.417. The summed E-state index contributed by atoms with van der Waals surface area (Å²) in [5.74, 6) is -0.546. The standard InChI is InChI=1S/C12H15FN2O3S/c1-8-6-9(13)2-4-11(8)19(17,18)15-10-3-5-12(16)14-7-10/h2,4,6,10,15H,3,5,7H2,1H3,(H,14,16). The molecule has 104 valence electrons. The fourth-order valence-electron chi connectivity index (χ4n) is 2.03. The molecule has 7 heteroatoms. The van der Waals surface area contributed by atoms with Gasteiger partial charge in [0.15, 0.2) is 0 Å². The molecule has 1 aliphatic rings. The largest absolute Gasteiger partial charge is 0.355 e. The van der Waals surface area contributed by atoms with Crippen LogP contribution in [0.3, 0.4) is 0 Å². The van der Waals surface area contributed by atoms with Gasteiger partial charge in [0.2, 0.25) is 15.9 Å². The molecule has 1 unspecified atom stereocenters. The quantitative estimate of drug-likeness (QED) is 0.858. The molecule has 0 saturated carbocycles. The summed E-state index contributed by atoms with van der Waals surface area (Å²) >= 11 is 0. The Hall–Kier alpha value is -1.47. The molecule has 1 saturated heterocycles. The first-order chi connectivity index (χ1) is 8.88. The third-order valence-electron chi connectivity index (χ3n) is 3.01. The van der Waals surface area contributed by atoms with E-state index in [9.17, 15) is 17.6 Å². The van der Waals surface area contributed by atoms with Gasteiger partial charge >= 0.3 is 0 Å². The molecular formula is C12H15FN2O3S. The molecule has 1 heterocycles. The molecule has 1 aliphatic heterocycles. The van der Waals surface area contributed by atoms with Gasteiger partial charge in [0.05, 0.1) is 4.90 Å². The number of aryl methyl sites for hydroxylation is 1. The maximum Gasteiger partial charge on any atom is 0.241 e. The number of halogens is 1. The van der Waals surface area contributed by atoms with Crippen molar-refractivity contribution in [3.63, 3.8) is 0 Å². The molecule has 0 aliphatic carbocycles. The van der Waals surface area contributed by atoms with Crippen LogP contribution in [0, 0.1) is 12.7 Å². The van der Waals surface area contributed by atoms with E-state index in [1.807, 2.05) is 0 Å². The predicted octanol–water partition coefficient (Wildman–Crippen LogP) is 0.691. The van der Waals surface area contributed by atoms with Crippen LogP contribution in [0.25, 0.3) is 0 Å². The Morgan fingerprint density at radius 1 is 1.42 bits per heavy atom. The molecule has 2 N–H and O–H groups in total. The van der Waals surface area contributed by atoms with Crippen LogP contribution in [0.15, 0.2) is 23.1 Å². The van der Waals surface area contributed by atoms with Crippen molar-refractivity contribution < 1.29 is 17.6 Å². The van der Waals surface area contributed by atoms with E-state index in [0.29, 0.717) is 18.4 Å². The van der Waals surface area contributed by atoms with Crippen LogP contribution in [-0.2, 0) is 14.8 Å². The minimum atomic E-state index is -3.69. The highest BCUT2D eigenvalue weighted by Crippen LogP contribution is 2.17. The van der Waals surface area contributed by atoms with Gasteiger partial charge in [-0.3, -0.25) is 4.79 Å². The highest BCUT2D eigenvalue weighted by Gasteiger charge is 2.25. The van der Waals surface area contributed by atoms with Gasteiger partial charge in [0.1, 0.15) is 5.82 Å². The summed E-state index contributed by atoms with van der Waals surface area (Å²) in [6.07, 6.45) is 0.765. The van der Waals surface area contributed by atoms with Crippen molar-refractivity contribution in [2.24, 2.45) is 0 Å². The number of hydrogen-bond acceptors (Lipinski definition) is 3. The second-order valence-corrected chi connectivity index (χ2v) is 6.25. The van der Waals surface area contributed by atoms with E-state index in [-0.39, 0.29) is 23.4 Å². The van der Waals surface area contributed by atoms with Crippen molar-refractivity contribution in [1.29, 1.82) is 0 Å². The van der Waals surface area contributed by atoms with Crippen LogP contribution in [0.4, 0.5) is 4.39 Å². The number of benzene rings is 1. The zero-order valence-electron chi connectivity index (χ0n) is 10.4. The third kappa shape index (κ3) is 3.30. The number of nitrogens with one attached hydrogen (secondary N) is 2. The smallest absolute Gasteiger partial charge is 0.241 e. The van der Waals surface area contributed by atoms with E-state index in [1.165, 1.54) is 12.1 Å². The summed E-state index contributed by atoms with van der Waals surface area (Å²) in [6, 6.07) is 3.21. The average Bonchev–Trinajstić information content (AvgIpc) is 2.31. The second kappa shape index (κ2) is 5.26. The first kappa shape index (κ1) is 14.0. The zero-order valence-corrected chi connectivity index (χ0v) is 11.3. The third-order valence-corrected chi connectivity index (χ3v) is 4.69. The summed E-state index contributed by atoms with van der Waals surface area (Å²) in [5.41, 5.74) is 0.354. The first-order valence-electron chi connectivity index (χ1n) is 5.94. The number of carbonyl (C=O) groups excluding carboxylic acids is 1. The maximum absolute atomic E-state index is 13.0. The van der Waals surface area contributed by atoms with Gasteiger partial charge in [0, 0.05) is 19.0 Å². The Bertz CT molecular complexity index is 591. The van der Waals surface area contributed by atoms with Crippen molar-refractivity contribution in [1.82, 2.24) is 10.0 Å². The van der Waals surface area contributed by atoms with Crippen LogP contribution in [0.2, 0.25) is 0 Å². The molecule has 1 atom stereocenters. The van der Waals surface area contributed by atoms with Crippen LogP contribution < -0.4 is 10.0 Å². The molecule has 19 heavy (non-hydrogen) atoms. The van der Waals surface area contributed by atoms with E-state index in [4.69, 9.17) is 0 Å². The van der Waals surface area contributed by atoms with E-state index >= 15 is 0 Å². The van der Waals surface area contributed by atoms with Crippen molar-refractivity contribution >= 4 is 15.9 Å². The summed E-state index contributed by atoms with van der Waals surface area (Å²) in [7, 11) is -3.69. The lowest BCUT2D eigenvalue weighted by Crippen LogP contribution is -2.47. The van der Waals surface area contributed by atoms with Gasteiger partial charge in [-0.05, 0) is 37.1 Å². The topological polar surface area (TPSA) is 75.3 Å². The van der Waals surface area contributed by atoms with Gasteiger partial charge in [-0.1, -0.05) is 0 Å². The van der Waals surface area contributed by atoms with Gasteiger partial charge in [-0.15, -0.1) is 0 Å². The molecule has 0 bridgehead atoms. The second-order valence-electron chi connectivity index (χ2n) is 4.57. The molecule has 1 aromatic carbocycles. The molecule has 0 spiro atoms. The van der Waals surface area contributed by atoms with Gasteiger partial charge in [-0.25, -0.2) is 17.5 Å². The van der Waals surface area contributed by atoms with Crippen molar-refractivity contribution in [2.45, 2.75) is 30.7 Å². The predicted molar refractivity (Wildman–Crippen MR) is 67.5 cm³/mol. The maximum atomic E-state index is 13.0. The fourth-order valence-corrected chi connectivity index (χ4v) is 3.53. The minimum absolute atomic E-state index is 0.0609. The highest BCUT2D eigenvalue weighted by molar-refractivity contribution is 7.89. The van der Waals surface area contributed by atoms with E-state index in [0.717, 1.165) is 6.07 Å². The van der Waals surface area contributed by atoms with Crippen LogP contribution >= 0.6 is 0 Å². The monoisotopic (exact) mass is 286 g/mol. The van der Waals surface area contributed by atoms with Crippen LogP contribution in [-0.4, -0.2) is 26.9 Å². The summed E-state index contributed by atoms with van der Waals surface area (Å²) in [5, 5.41) is 2.60. The number of rotatable bonds is 3. The summed E-state index contributed by atoms with van der Waals surface area (Å²) < 4.78 is 39.8. The molecule has 1 fully saturated rings. The zero-order chi connectivity index (χ0) is 14.0. The van der Waals surface area contributed by atoms with Gasteiger partial charge in [-0.2, -0.15) is 0 Å². The van der Waals surface area contributed by atoms with Crippen molar-refractivity contribution in [3.8, 4) is 0 Å². The molecule has 0 aromatic heterocycles. The van der Waals surface area contributed by atoms with E-state index in [2.05, 4.69) is 10.0 Å². The minimum Gasteiger partial charge on any atom is -0.355 e. The molecule has 1 aromatic rings. The Labute approximate surface area is 111 Å². The van der Waals surface area contributed by atoms with Crippen molar-refractivity contribution in [3.05, 3.63) is 29.6 Å². The number of carbonyl (C=O) groups is 1. The Kier molecular flexibility index (Phi) is 3.86. The SMILES string of the molecule is Cc1cc(F)ccc1S(=O)(=O)NC1CCC(=O)NC1. The molecule has 0 radical (unpaired) electrons. The highest BCUT2D eigenvalue weighted by atomic mass is 32.2. The van der Waals surface area contributed by atoms with Crippen molar-refractivity contribution in [2.75, 3.05) is 6.54 Å². The van der Waals surface area contributed by atoms with Gasteiger partial charge in [0.25, 0.3) is 0 Å². The van der Waals surface area contributed by atoms with E-state index in [1.54, 1.807) is 6.92 Å². The molecule has 2 rings (SSSR count). The normalized spacial score (nSPS) is 20.1. The lowest BCUT2D eigenvalue weighted by atomic mass is 10.1. The number of sulfonamides is 1. The summed E-state index contributed by atoms with van der Waals surface area (Å²) in [6.45, 7) is 1.82. The Morgan fingerprint density at radius 3 is 2.74 bits per heavy atom. The lowest BCUT2D eigenvalue weighted by molar-refractivity contribution is -0.122. The van der Waals surface area contributed by atoms with Crippen LogP contribution in [0.1, 0.15) is 18.4 Å². The van der Waals surface area contributed by atoms with E-state index < -0.39 is 15.8 Å². The summed E-state index contributed by atoms with van der Waals surface area (Å²) in [4.78, 5) is 11.1.